The smallest absolute Gasteiger partial charge is 0.374 e. The molecule has 9 nitrogen and oxygen atoms in total. The molecule has 1 aliphatic heterocycles. The van der Waals surface area contributed by atoms with Crippen LogP contribution in [0.1, 0.15) is 34.5 Å². The highest BCUT2D eigenvalue weighted by Crippen LogP contribution is 2.35. The van der Waals surface area contributed by atoms with E-state index in [0.29, 0.717) is 35.6 Å². The molecule has 0 aliphatic carbocycles. The molecule has 0 fully saturated rings. The number of carbonyl (C=O) groups is 1. The standard InChI is InChI=1S/C22H19N5O4/c1-3-29-21(28)19-10-14(13(2)30-19)12-25-22-24-9-8-16(27-22)15(11-23)20-26-17-6-4-5-7-18(17)31-20/h4-10,26H,3,12H2,1-2H3,(H,24,25,27)/b20-15-. The summed E-state index contributed by atoms with van der Waals surface area (Å²) in [7, 11) is 0. The Morgan fingerprint density at radius 3 is 2.94 bits per heavy atom. The molecule has 3 heterocycles. The summed E-state index contributed by atoms with van der Waals surface area (Å²) in [6.07, 6.45) is 1.55. The second-order valence-electron chi connectivity index (χ2n) is 6.57. The number of para-hydroxylation sites is 2. The van der Waals surface area contributed by atoms with Crippen molar-refractivity contribution in [2.75, 3.05) is 17.2 Å². The molecule has 1 aromatic carbocycles. The molecule has 0 saturated carbocycles. The molecule has 0 amide bonds. The van der Waals surface area contributed by atoms with Crippen LogP contribution in [0.2, 0.25) is 0 Å². The summed E-state index contributed by atoms with van der Waals surface area (Å²) in [5.41, 5.74) is 2.22. The van der Waals surface area contributed by atoms with E-state index in [9.17, 15) is 10.1 Å². The van der Waals surface area contributed by atoms with Gasteiger partial charge in [0.05, 0.1) is 18.0 Å². The molecule has 4 rings (SSSR count). The molecule has 2 N–H and O–H groups in total. The number of benzene rings is 1. The topological polar surface area (TPSA) is 122 Å². The Hall–Kier alpha value is -4.32. The van der Waals surface area contributed by atoms with Gasteiger partial charge in [-0.2, -0.15) is 5.26 Å². The Bertz CT molecular complexity index is 1180. The van der Waals surface area contributed by atoms with Crippen LogP contribution in [0.4, 0.5) is 11.6 Å². The lowest BCUT2D eigenvalue weighted by molar-refractivity contribution is 0.0488. The number of nitriles is 1. The summed E-state index contributed by atoms with van der Waals surface area (Å²) in [5, 5.41) is 15.9. The summed E-state index contributed by atoms with van der Waals surface area (Å²) >= 11 is 0. The van der Waals surface area contributed by atoms with Crippen LogP contribution in [-0.2, 0) is 11.3 Å². The van der Waals surface area contributed by atoms with Crippen molar-refractivity contribution in [2.45, 2.75) is 20.4 Å². The van der Waals surface area contributed by atoms with Gasteiger partial charge in [-0.05, 0) is 38.1 Å². The van der Waals surface area contributed by atoms with Crippen LogP contribution in [0, 0.1) is 18.3 Å². The highest BCUT2D eigenvalue weighted by molar-refractivity contribution is 5.86. The van der Waals surface area contributed by atoms with Gasteiger partial charge < -0.3 is 24.5 Å². The van der Waals surface area contributed by atoms with Crippen molar-refractivity contribution < 1.29 is 18.7 Å². The molecule has 0 radical (unpaired) electrons. The van der Waals surface area contributed by atoms with Gasteiger partial charge in [-0.25, -0.2) is 14.8 Å². The van der Waals surface area contributed by atoms with Gasteiger partial charge in [-0.3, -0.25) is 0 Å². The molecule has 2 aromatic heterocycles. The number of aromatic nitrogens is 2. The van der Waals surface area contributed by atoms with Crippen molar-refractivity contribution in [1.82, 2.24) is 9.97 Å². The first-order valence-corrected chi connectivity index (χ1v) is 9.61. The zero-order valence-electron chi connectivity index (χ0n) is 16.9. The van der Waals surface area contributed by atoms with Crippen LogP contribution >= 0.6 is 0 Å². The number of rotatable bonds is 6. The van der Waals surface area contributed by atoms with Crippen molar-refractivity contribution in [3.05, 3.63) is 71.3 Å². The van der Waals surface area contributed by atoms with Gasteiger partial charge in [-0.1, -0.05) is 12.1 Å². The lowest BCUT2D eigenvalue weighted by Gasteiger charge is -2.07. The van der Waals surface area contributed by atoms with E-state index in [1.807, 2.05) is 24.3 Å². The Balaban J connectivity index is 1.51. The van der Waals surface area contributed by atoms with E-state index >= 15 is 0 Å². The van der Waals surface area contributed by atoms with Crippen molar-refractivity contribution in [3.8, 4) is 11.8 Å². The Kier molecular flexibility index (Phi) is 5.53. The summed E-state index contributed by atoms with van der Waals surface area (Å²) in [6.45, 7) is 4.09. The van der Waals surface area contributed by atoms with E-state index in [2.05, 4.69) is 26.7 Å². The number of ether oxygens (including phenoxy) is 2. The largest absolute Gasteiger partial charge is 0.460 e. The highest BCUT2D eigenvalue weighted by atomic mass is 16.5. The number of carbonyl (C=O) groups excluding carboxylic acids is 1. The monoisotopic (exact) mass is 417 g/mol. The molecule has 0 saturated heterocycles. The maximum atomic E-state index is 11.8. The summed E-state index contributed by atoms with van der Waals surface area (Å²) in [6, 6.07) is 12.8. The first kappa shape index (κ1) is 20.0. The molecule has 1 aliphatic rings. The number of fused-ring (bicyclic) bond motifs is 1. The first-order chi connectivity index (χ1) is 15.1. The highest BCUT2D eigenvalue weighted by Gasteiger charge is 2.22. The average Bonchev–Trinajstić information content (AvgIpc) is 3.36. The zero-order valence-corrected chi connectivity index (χ0v) is 16.9. The fraction of sp³-hybridized carbons (Fsp3) is 0.182. The van der Waals surface area contributed by atoms with E-state index in [0.717, 1.165) is 11.3 Å². The molecule has 156 valence electrons. The van der Waals surface area contributed by atoms with Gasteiger partial charge in [-0.15, -0.1) is 0 Å². The van der Waals surface area contributed by atoms with Crippen LogP contribution in [0.3, 0.4) is 0 Å². The molecule has 31 heavy (non-hydrogen) atoms. The third kappa shape index (κ3) is 4.18. The molecule has 0 bridgehead atoms. The van der Waals surface area contributed by atoms with Crippen LogP contribution in [0.5, 0.6) is 5.75 Å². The Labute approximate surface area is 178 Å². The third-order valence-electron chi connectivity index (χ3n) is 4.53. The van der Waals surface area contributed by atoms with Gasteiger partial charge >= 0.3 is 5.97 Å². The molecular formula is C22H19N5O4. The van der Waals surface area contributed by atoms with E-state index in [1.54, 1.807) is 32.2 Å². The van der Waals surface area contributed by atoms with Crippen LogP contribution in [0.15, 0.2) is 52.9 Å². The summed E-state index contributed by atoms with van der Waals surface area (Å²) in [5.74, 6) is 1.51. The molecule has 0 unspecified atom stereocenters. The van der Waals surface area contributed by atoms with Crippen molar-refractivity contribution in [3.63, 3.8) is 0 Å². The second-order valence-corrected chi connectivity index (χ2v) is 6.57. The quantitative estimate of drug-likeness (QED) is 0.454. The fourth-order valence-electron chi connectivity index (χ4n) is 3.01. The van der Waals surface area contributed by atoms with Crippen molar-refractivity contribution >= 4 is 23.2 Å². The number of hydrogen-bond acceptors (Lipinski definition) is 9. The number of furan rings is 1. The lowest BCUT2D eigenvalue weighted by atomic mass is 10.2. The lowest BCUT2D eigenvalue weighted by Crippen LogP contribution is -2.07. The first-order valence-electron chi connectivity index (χ1n) is 9.61. The number of aryl methyl sites for hydroxylation is 1. The molecular weight excluding hydrogens is 398 g/mol. The average molecular weight is 417 g/mol. The van der Waals surface area contributed by atoms with E-state index in [1.165, 1.54) is 0 Å². The molecule has 3 aromatic rings. The number of nitrogens with one attached hydrogen (secondary N) is 2. The van der Waals surface area contributed by atoms with Crippen molar-refractivity contribution in [2.24, 2.45) is 0 Å². The normalized spacial score (nSPS) is 13.5. The Morgan fingerprint density at radius 1 is 1.32 bits per heavy atom. The summed E-state index contributed by atoms with van der Waals surface area (Å²) in [4.78, 5) is 20.5. The minimum absolute atomic E-state index is 0.145. The van der Waals surface area contributed by atoms with Crippen molar-refractivity contribution in [1.29, 1.82) is 5.26 Å². The predicted molar refractivity (Wildman–Crippen MR) is 112 cm³/mol. The van der Waals surface area contributed by atoms with Gasteiger partial charge in [0.1, 0.15) is 17.4 Å². The van der Waals surface area contributed by atoms with Gasteiger partial charge in [0.2, 0.25) is 17.6 Å². The van der Waals surface area contributed by atoms with E-state index < -0.39 is 5.97 Å². The van der Waals surface area contributed by atoms with E-state index in [4.69, 9.17) is 13.9 Å². The number of nitrogens with zero attached hydrogens (tertiary/aromatic N) is 3. The number of allylic oxidation sites excluding steroid dienone is 1. The Morgan fingerprint density at radius 2 is 2.16 bits per heavy atom. The minimum Gasteiger partial charge on any atom is -0.460 e. The van der Waals surface area contributed by atoms with Crippen LogP contribution in [-0.4, -0.2) is 22.5 Å². The zero-order chi connectivity index (χ0) is 21.8. The van der Waals surface area contributed by atoms with Crippen LogP contribution in [0.25, 0.3) is 5.57 Å². The number of hydrogen-bond donors (Lipinski definition) is 2. The SMILES string of the molecule is CCOC(=O)c1cc(CNc2nccc(/C(C#N)=C3/Nc4ccccc4O3)n2)c(C)o1. The van der Waals surface area contributed by atoms with E-state index in [-0.39, 0.29) is 17.9 Å². The van der Waals surface area contributed by atoms with Crippen LogP contribution < -0.4 is 15.4 Å². The van der Waals surface area contributed by atoms with Gasteiger partial charge in [0.25, 0.3) is 0 Å². The second kappa shape index (κ2) is 8.59. The minimum atomic E-state index is -0.509. The number of esters is 1. The maximum Gasteiger partial charge on any atom is 0.374 e. The predicted octanol–water partition coefficient (Wildman–Crippen LogP) is 3.86. The maximum absolute atomic E-state index is 11.8. The molecule has 9 heteroatoms. The summed E-state index contributed by atoms with van der Waals surface area (Å²) < 4.78 is 16.2. The van der Waals surface area contributed by atoms with Gasteiger partial charge in [0.15, 0.2) is 5.75 Å². The molecule has 0 spiro atoms. The fourth-order valence-corrected chi connectivity index (χ4v) is 3.01. The number of anilines is 2. The third-order valence-corrected chi connectivity index (χ3v) is 4.53. The van der Waals surface area contributed by atoms with Gasteiger partial charge in [0, 0.05) is 18.3 Å². The molecule has 0 atom stereocenters.